The Balaban J connectivity index is 1.22. The maximum absolute atomic E-state index is 3.20. The van der Waals surface area contributed by atoms with Gasteiger partial charge in [-0.3, -0.25) is 0 Å². The summed E-state index contributed by atoms with van der Waals surface area (Å²) in [6, 6.07) is 94.4. The van der Waals surface area contributed by atoms with E-state index in [1.807, 2.05) is 0 Å². The average Bonchev–Trinajstić information content (AvgIpc) is 3.60. The van der Waals surface area contributed by atoms with Crippen LogP contribution in [0.5, 0.6) is 0 Å². The molecule has 10 aromatic carbocycles. The Morgan fingerprint density at radius 1 is 0.344 bits per heavy atom. The Hall–Kier alpha value is -7.72. The maximum atomic E-state index is 2.55. The van der Waals surface area contributed by atoms with Gasteiger partial charge >= 0.3 is 0 Å². The summed E-state index contributed by atoms with van der Waals surface area (Å²) in [6.45, 7) is 4.74. The van der Waals surface area contributed by atoms with Gasteiger partial charge in [0.25, 0.3) is 0 Å². The van der Waals surface area contributed by atoms with Gasteiger partial charge in [0.2, 0.25) is 0 Å². The highest BCUT2D eigenvalue weighted by molar-refractivity contribution is 7.20. The quantitative estimate of drug-likeness (QED) is 0.100. The summed E-state index contributed by atoms with van der Waals surface area (Å²) in [5, 5.41) is 7.67. The van der Waals surface area contributed by atoms with Crippen molar-refractivity contribution in [2.45, 2.75) is 19.3 Å². The van der Waals surface area contributed by atoms with Crippen molar-refractivity contribution in [3.05, 3.63) is 266 Å². The van der Waals surface area contributed by atoms with Gasteiger partial charge in [-0.2, -0.15) is 0 Å². The Morgan fingerprint density at radius 2 is 0.812 bits per heavy atom. The molecule has 1 aliphatic carbocycles. The third kappa shape index (κ3) is 6.39. The zero-order valence-corrected chi connectivity index (χ0v) is 37.1. The van der Waals surface area contributed by atoms with Gasteiger partial charge in [-0.25, -0.2) is 0 Å². The molecule has 0 spiro atoms. The van der Waals surface area contributed by atoms with E-state index in [1.165, 1.54) is 65.1 Å². The fourth-order valence-electron chi connectivity index (χ4n) is 10.5. The summed E-state index contributed by atoms with van der Waals surface area (Å²) in [7, 11) is -3.20. The Morgan fingerprint density at radius 3 is 1.53 bits per heavy atom. The predicted molar refractivity (Wildman–Crippen MR) is 274 cm³/mol. The van der Waals surface area contributed by atoms with Crippen molar-refractivity contribution in [3.8, 4) is 11.1 Å². The molecule has 3 heteroatoms. The first kappa shape index (κ1) is 39.1. The van der Waals surface area contributed by atoms with Crippen LogP contribution in [-0.2, 0) is 5.41 Å². The van der Waals surface area contributed by atoms with Gasteiger partial charge in [-0.05, 0) is 97.4 Å². The highest BCUT2D eigenvalue weighted by atomic mass is 28.3. The first-order chi connectivity index (χ1) is 31.5. The second-order valence-corrected chi connectivity index (χ2v) is 21.0. The number of rotatable bonds is 10. The van der Waals surface area contributed by atoms with Crippen molar-refractivity contribution in [1.82, 2.24) is 0 Å². The lowest BCUT2D eigenvalue weighted by Crippen LogP contribution is -2.75. The smallest absolute Gasteiger partial charge is 0.181 e. The van der Waals surface area contributed by atoms with Crippen LogP contribution < -0.4 is 30.5 Å². The molecular weight excluding hydrogens is 789 g/mol. The second kappa shape index (κ2) is 16.2. The number of fused-ring (bicyclic) bond motifs is 4. The van der Waals surface area contributed by atoms with Crippen molar-refractivity contribution >= 4 is 73.7 Å². The minimum Gasteiger partial charge on any atom is -0.310 e. The van der Waals surface area contributed by atoms with E-state index in [0.29, 0.717) is 0 Å². The fourth-order valence-corrected chi connectivity index (χ4v) is 15.5. The molecule has 2 nitrogen and oxygen atoms in total. The molecule has 0 heterocycles. The van der Waals surface area contributed by atoms with Gasteiger partial charge in [0.15, 0.2) is 8.07 Å². The number of benzene rings is 10. The lowest BCUT2D eigenvalue weighted by Gasteiger charge is -2.39. The van der Waals surface area contributed by atoms with Crippen LogP contribution in [0.4, 0.5) is 34.1 Å². The molecule has 0 atom stereocenters. The standard InChI is InChI=1S/C61H48N2Si/c1-61(2)54-38-18-17-37-53(54)60-55(61)39-23-42-58(60)63(47-28-9-4-10-29-47)57-40-19-20-43-59(57)64(49-31-11-5-12-32-49,50-33-13-6-14-34-50)51-35-22-30-48(44-51)62(46-26-7-3-8-27-46)56-41-21-25-45-24-15-16-36-52(45)56/h3-44H,1-2H3. The van der Waals surface area contributed by atoms with E-state index in [4.69, 9.17) is 0 Å². The molecule has 0 bridgehead atoms. The van der Waals surface area contributed by atoms with Gasteiger partial charge in [0.05, 0.1) is 11.4 Å². The van der Waals surface area contributed by atoms with E-state index in [0.717, 1.165) is 22.7 Å². The van der Waals surface area contributed by atoms with Gasteiger partial charge in [0, 0.05) is 39.1 Å². The second-order valence-electron chi connectivity index (χ2n) is 17.3. The topological polar surface area (TPSA) is 6.48 Å². The minimum absolute atomic E-state index is 0.147. The van der Waals surface area contributed by atoms with Crippen LogP contribution in [0, 0.1) is 0 Å². The zero-order chi connectivity index (χ0) is 43.1. The molecule has 0 saturated heterocycles. The van der Waals surface area contributed by atoms with Crippen LogP contribution in [0.2, 0.25) is 0 Å². The summed E-state index contributed by atoms with van der Waals surface area (Å²) in [5.41, 5.74) is 12.0. The highest BCUT2D eigenvalue weighted by Crippen LogP contribution is 2.54. The van der Waals surface area contributed by atoms with Crippen LogP contribution in [-0.4, -0.2) is 8.07 Å². The summed E-state index contributed by atoms with van der Waals surface area (Å²) < 4.78 is 0. The van der Waals surface area contributed by atoms with E-state index >= 15 is 0 Å². The molecule has 11 rings (SSSR count). The molecule has 306 valence electrons. The summed E-state index contributed by atoms with van der Waals surface area (Å²) in [4.78, 5) is 4.99. The molecule has 0 aromatic heterocycles. The van der Waals surface area contributed by atoms with Gasteiger partial charge in [-0.15, -0.1) is 0 Å². The van der Waals surface area contributed by atoms with Crippen LogP contribution in [0.15, 0.2) is 255 Å². The van der Waals surface area contributed by atoms with Gasteiger partial charge in [0.1, 0.15) is 0 Å². The lowest BCUT2D eigenvalue weighted by molar-refractivity contribution is 0.660. The normalized spacial score (nSPS) is 12.7. The number of nitrogens with zero attached hydrogens (tertiary/aromatic N) is 2. The summed E-state index contributed by atoms with van der Waals surface area (Å²) in [5.74, 6) is 0. The first-order valence-electron chi connectivity index (χ1n) is 22.3. The zero-order valence-electron chi connectivity index (χ0n) is 36.1. The third-order valence-electron chi connectivity index (χ3n) is 13.4. The van der Waals surface area contributed by atoms with Crippen LogP contribution >= 0.6 is 0 Å². The fraction of sp³-hybridized carbons (Fsp3) is 0.0492. The summed E-state index contributed by atoms with van der Waals surface area (Å²) >= 11 is 0. The van der Waals surface area contributed by atoms with Crippen molar-refractivity contribution in [3.63, 3.8) is 0 Å². The van der Waals surface area contributed by atoms with E-state index < -0.39 is 8.07 Å². The van der Waals surface area contributed by atoms with Crippen LogP contribution in [0.1, 0.15) is 25.0 Å². The van der Waals surface area contributed by atoms with Gasteiger partial charge in [-0.1, -0.05) is 214 Å². The number of anilines is 6. The van der Waals surface area contributed by atoms with Gasteiger partial charge < -0.3 is 9.80 Å². The molecule has 0 saturated carbocycles. The van der Waals surface area contributed by atoms with Crippen LogP contribution in [0.25, 0.3) is 21.9 Å². The molecule has 0 fully saturated rings. The summed E-state index contributed by atoms with van der Waals surface area (Å²) in [6.07, 6.45) is 0. The van der Waals surface area contributed by atoms with E-state index in [1.54, 1.807) is 0 Å². The molecule has 0 amide bonds. The van der Waals surface area contributed by atoms with Crippen molar-refractivity contribution in [1.29, 1.82) is 0 Å². The number of para-hydroxylation sites is 3. The molecular formula is C61H48N2Si. The van der Waals surface area contributed by atoms with E-state index in [9.17, 15) is 0 Å². The highest BCUT2D eigenvalue weighted by Gasteiger charge is 2.45. The molecule has 0 aliphatic heterocycles. The molecule has 1 aliphatic rings. The Bertz CT molecular complexity index is 3210. The molecule has 10 aromatic rings. The molecule has 64 heavy (non-hydrogen) atoms. The number of hydrogen-bond donors (Lipinski definition) is 0. The Kier molecular flexibility index (Phi) is 9.91. The van der Waals surface area contributed by atoms with E-state index in [-0.39, 0.29) is 5.41 Å². The number of hydrogen-bond acceptors (Lipinski definition) is 2. The van der Waals surface area contributed by atoms with Crippen molar-refractivity contribution < 1.29 is 0 Å². The van der Waals surface area contributed by atoms with E-state index in [2.05, 4.69) is 278 Å². The largest absolute Gasteiger partial charge is 0.310 e. The average molecular weight is 837 g/mol. The van der Waals surface area contributed by atoms with Crippen LogP contribution in [0.3, 0.4) is 0 Å². The first-order valence-corrected chi connectivity index (χ1v) is 24.3. The maximum Gasteiger partial charge on any atom is 0.181 e. The predicted octanol–water partition coefficient (Wildman–Crippen LogP) is 13.5. The third-order valence-corrected chi connectivity index (χ3v) is 18.2. The van der Waals surface area contributed by atoms with Crippen molar-refractivity contribution in [2.75, 3.05) is 9.80 Å². The monoisotopic (exact) mass is 836 g/mol. The minimum atomic E-state index is -3.20. The molecule has 0 unspecified atom stereocenters. The molecule has 0 N–H and O–H groups in total. The van der Waals surface area contributed by atoms with Crippen molar-refractivity contribution in [2.24, 2.45) is 0 Å². The Labute approximate surface area is 378 Å². The SMILES string of the molecule is CC1(C)c2ccccc2-c2c(N(c3ccccc3)c3ccccc3[Si](c3ccccc3)(c3ccccc3)c3cccc(N(c4ccccc4)c4cccc5ccccc45)c3)cccc21. The lowest BCUT2D eigenvalue weighted by atomic mass is 9.82. The molecule has 0 radical (unpaired) electrons.